The predicted molar refractivity (Wildman–Crippen MR) is 84.8 cm³/mol. The lowest BCUT2D eigenvalue weighted by Gasteiger charge is -2.26. The fourth-order valence-corrected chi connectivity index (χ4v) is 2.10. The van der Waals surface area contributed by atoms with Crippen molar-refractivity contribution in [3.63, 3.8) is 0 Å². The Morgan fingerprint density at radius 3 is 2.36 bits per heavy atom. The van der Waals surface area contributed by atoms with Crippen LogP contribution < -0.4 is 5.73 Å². The highest BCUT2D eigenvalue weighted by Gasteiger charge is 2.35. The number of nitrogens with zero attached hydrogens (tertiary/aromatic N) is 2. The van der Waals surface area contributed by atoms with Gasteiger partial charge < -0.3 is 15.3 Å². The number of nitrogens with two attached hydrogens (primary N) is 1. The zero-order valence-corrected chi connectivity index (χ0v) is 14.5. The molecule has 9 heteroatoms. The topological polar surface area (TPSA) is 104 Å². The first-order chi connectivity index (χ1) is 9.96. The van der Waals surface area contributed by atoms with Gasteiger partial charge in [0.25, 0.3) is 6.29 Å². The number of ether oxygens (including phenoxy) is 1. The van der Waals surface area contributed by atoms with Crippen molar-refractivity contribution in [2.75, 3.05) is 5.73 Å². The van der Waals surface area contributed by atoms with Crippen molar-refractivity contribution in [2.24, 2.45) is 5.16 Å². The van der Waals surface area contributed by atoms with Gasteiger partial charge in [0.1, 0.15) is 15.6 Å². The van der Waals surface area contributed by atoms with Crippen molar-refractivity contribution < 1.29 is 19.2 Å². The summed E-state index contributed by atoms with van der Waals surface area (Å²) < 4.78 is 5.39. The molecule has 0 amide bonds. The Morgan fingerprint density at radius 2 is 1.95 bits per heavy atom. The van der Waals surface area contributed by atoms with Gasteiger partial charge in [-0.1, -0.05) is 28.1 Å². The number of aromatic nitrogens is 1. The first kappa shape index (κ1) is 18.4. The van der Waals surface area contributed by atoms with Crippen molar-refractivity contribution >= 4 is 46.0 Å². The van der Waals surface area contributed by atoms with Crippen LogP contribution in [0.1, 0.15) is 40.3 Å². The second-order valence-corrected chi connectivity index (χ2v) is 7.45. The van der Waals surface area contributed by atoms with Crippen LogP contribution in [0.15, 0.2) is 5.16 Å². The third kappa shape index (κ3) is 4.96. The third-order valence-electron chi connectivity index (χ3n) is 2.18. The molecule has 0 aliphatic heterocycles. The Morgan fingerprint density at radius 1 is 1.36 bits per heavy atom. The first-order valence-electron chi connectivity index (χ1n) is 6.26. The van der Waals surface area contributed by atoms with Crippen molar-refractivity contribution in [1.29, 1.82) is 0 Å². The van der Waals surface area contributed by atoms with Crippen LogP contribution in [0.2, 0.25) is 4.34 Å². The average Bonchev–Trinajstić information content (AvgIpc) is 2.67. The van der Waals surface area contributed by atoms with Crippen LogP contribution >= 0.6 is 22.9 Å². The fourth-order valence-electron chi connectivity index (χ4n) is 1.17. The highest BCUT2D eigenvalue weighted by Crippen LogP contribution is 2.26. The molecule has 0 spiro atoms. The van der Waals surface area contributed by atoms with E-state index in [9.17, 15) is 9.59 Å². The van der Waals surface area contributed by atoms with Crippen LogP contribution in [-0.2, 0) is 19.2 Å². The van der Waals surface area contributed by atoms with E-state index in [1.165, 1.54) is 13.8 Å². The maximum atomic E-state index is 12.0. The number of anilines is 1. The first-order valence-corrected chi connectivity index (χ1v) is 7.45. The summed E-state index contributed by atoms with van der Waals surface area (Å²) in [7, 11) is 0. The lowest BCUT2D eigenvalue weighted by atomic mass is 10.1. The summed E-state index contributed by atoms with van der Waals surface area (Å²) in [6, 6.07) is 0. The highest BCUT2D eigenvalue weighted by molar-refractivity contribution is 7.19. The van der Waals surface area contributed by atoms with E-state index in [0.29, 0.717) is 0 Å². The van der Waals surface area contributed by atoms with E-state index in [-0.39, 0.29) is 20.9 Å². The molecule has 0 aliphatic carbocycles. The van der Waals surface area contributed by atoms with E-state index >= 15 is 0 Å². The Balaban J connectivity index is 2.94. The molecule has 0 bridgehead atoms. The van der Waals surface area contributed by atoms with E-state index < -0.39 is 17.2 Å². The summed E-state index contributed by atoms with van der Waals surface area (Å²) in [4.78, 5) is 32.0. The van der Waals surface area contributed by atoms with Crippen LogP contribution in [0.25, 0.3) is 0 Å². The van der Waals surface area contributed by atoms with Crippen LogP contribution in [0.5, 0.6) is 0 Å². The Bertz CT molecular complexity index is 605. The molecular formula is C13H17ClN3O4S. The fraction of sp³-hybridized carbons (Fsp3) is 0.538. The Hall–Kier alpha value is -1.67. The molecule has 0 unspecified atom stereocenters. The average molecular weight is 347 g/mol. The van der Waals surface area contributed by atoms with E-state index in [1.54, 1.807) is 27.1 Å². The van der Waals surface area contributed by atoms with Gasteiger partial charge in [0, 0.05) is 0 Å². The third-order valence-corrected chi connectivity index (χ3v) is 3.26. The van der Waals surface area contributed by atoms with Gasteiger partial charge in [0.2, 0.25) is 5.60 Å². The van der Waals surface area contributed by atoms with Gasteiger partial charge in [0.05, 0.1) is 0 Å². The summed E-state index contributed by atoms with van der Waals surface area (Å²) in [6.45, 7) is 8.11. The minimum absolute atomic E-state index is 0.0548. The number of carbonyl (C=O) groups is 1. The summed E-state index contributed by atoms with van der Waals surface area (Å²) in [6.07, 6.45) is 1.56. The molecule has 0 aliphatic rings. The Kier molecular flexibility index (Phi) is 5.53. The molecular weight excluding hydrogens is 330 g/mol. The molecule has 1 aromatic rings. The molecule has 1 radical (unpaired) electrons. The second kappa shape index (κ2) is 6.62. The molecule has 1 aromatic heterocycles. The van der Waals surface area contributed by atoms with E-state index in [2.05, 4.69) is 10.1 Å². The monoisotopic (exact) mass is 346 g/mol. The van der Waals surface area contributed by atoms with Crippen molar-refractivity contribution in [3.05, 3.63) is 10.0 Å². The normalized spacial score (nSPS) is 12.9. The number of esters is 1. The number of carbonyl (C=O) groups excluding carboxylic acids is 2. The molecule has 0 aromatic carbocycles. The van der Waals surface area contributed by atoms with Gasteiger partial charge in [-0.2, -0.15) is 0 Å². The molecule has 22 heavy (non-hydrogen) atoms. The number of hydrogen-bond acceptors (Lipinski definition) is 8. The minimum Gasteiger partial charge on any atom is -0.457 e. The molecule has 7 nitrogen and oxygen atoms in total. The smallest absolute Gasteiger partial charge is 0.353 e. The highest BCUT2D eigenvalue weighted by atomic mass is 35.5. The molecule has 121 valence electrons. The van der Waals surface area contributed by atoms with E-state index in [0.717, 1.165) is 11.3 Å². The minimum atomic E-state index is -1.40. The van der Waals surface area contributed by atoms with E-state index in [4.69, 9.17) is 26.9 Å². The predicted octanol–water partition coefficient (Wildman–Crippen LogP) is 2.33. The zero-order valence-electron chi connectivity index (χ0n) is 12.9. The molecule has 1 heterocycles. The second-order valence-electron chi connectivity index (χ2n) is 5.82. The summed E-state index contributed by atoms with van der Waals surface area (Å²) >= 11 is 6.87. The standard InChI is InChI=1S/C13H17ClN3O4S/c1-12(2,3)20-10(19)13(4,5)21-17-7(6-18)8-9(14)22-11(15)16-8/h1-5H3,(H2,15,16)/b17-7+. The Labute approximate surface area is 137 Å². The zero-order chi connectivity index (χ0) is 17.1. The van der Waals surface area contributed by atoms with Gasteiger partial charge >= 0.3 is 5.97 Å². The molecule has 0 saturated carbocycles. The van der Waals surface area contributed by atoms with Crippen molar-refractivity contribution in [2.45, 2.75) is 45.8 Å². The molecule has 1 rings (SSSR count). The number of nitrogen functional groups attached to an aromatic ring is 1. The molecule has 0 saturated heterocycles. The number of hydrogen-bond donors (Lipinski definition) is 1. The summed E-state index contributed by atoms with van der Waals surface area (Å²) in [5.74, 6) is -0.627. The van der Waals surface area contributed by atoms with Crippen LogP contribution in [-0.4, -0.2) is 34.2 Å². The van der Waals surface area contributed by atoms with Crippen molar-refractivity contribution in [1.82, 2.24) is 4.98 Å². The number of oxime groups is 1. The number of halogens is 1. The number of rotatable bonds is 5. The van der Waals surface area contributed by atoms with Crippen molar-refractivity contribution in [3.8, 4) is 0 Å². The van der Waals surface area contributed by atoms with Gasteiger partial charge in [-0.25, -0.2) is 9.78 Å². The van der Waals surface area contributed by atoms with Crippen LogP contribution in [0.3, 0.4) is 0 Å². The maximum absolute atomic E-state index is 12.0. The van der Waals surface area contributed by atoms with Gasteiger partial charge in [-0.05, 0) is 34.6 Å². The van der Waals surface area contributed by atoms with Gasteiger partial charge in [0.15, 0.2) is 10.8 Å². The summed E-state index contributed by atoms with van der Waals surface area (Å²) in [5, 5.41) is 3.78. The van der Waals surface area contributed by atoms with E-state index in [1.807, 2.05) is 0 Å². The number of thiazole rings is 1. The lowest BCUT2D eigenvalue weighted by molar-refractivity contribution is -0.179. The lowest BCUT2D eigenvalue weighted by Crippen LogP contribution is -2.40. The van der Waals surface area contributed by atoms with Crippen LogP contribution in [0.4, 0.5) is 5.13 Å². The molecule has 0 fully saturated rings. The quantitative estimate of drug-likeness (QED) is 0.498. The molecule has 2 N–H and O–H groups in total. The van der Waals surface area contributed by atoms with Gasteiger partial charge in [-0.3, -0.25) is 4.79 Å². The van der Waals surface area contributed by atoms with Gasteiger partial charge in [-0.15, -0.1) is 0 Å². The molecule has 0 atom stereocenters. The largest absolute Gasteiger partial charge is 0.457 e. The SMILES string of the molecule is CC(C)(C)OC(=O)C(C)(C)O/N=C(\[C]=O)c1nc(N)sc1Cl. The maximum Gasteiger partial charge on any atom is 0.353 e. The van der Waals surface area contributed by atoms with Crippen LogP contribution in [0, 0.1) is 0 Å². The summed E-state index contributed by atoms with van der Waals surface area (Å²) in [5.41, 5.74) is 3.19.